The Morgan fingerprint density at radius 2 is 1.57 bits per heavy atom. The number of ether oxygens (including phenoxy) is 2. The largest absolute Gasteiger partial charge is 0.486 e. The Morgan fingerprint density at radius 3 is 2.20 bits per heavy atom. The van der Waals surface area contributed by atoms with E-state index in [-0.39, 0.29) is 31.5 Å². The van der Waals surface area contributed by atoms with E-state index in [9.17, 15) is 14.4 Å². The van der Waals surface area contributed by atoms with Gasteiger partial charge in [-0.05, 0) is 30.0 Å². The Labute approximate surface area is 176 Å². The highest BCUT2D eigenvalue weighted by Gasteiger charge is 2.23. The molecule has 0 saturated heterocycles. The van der Waals surface area contributed by atoms with Crippen LogP contribution in [0.2, 0.25) is 0 Å². The molecule has 0 saturated carbocycles. The summed E-state index contributed by atoms with van der Waals surface area (Å²) < 4.78 is 10.6. The van der Waals surface area contributed by atoms with E-state index in [1.54, 1.807) is 24.3 Å². The number of para-hydroxylation sites is 1. The van der Waals surface area contributed by atoms with E-state index in [0.717, 1.165) is 5.56 Å². The highest BCUT2D eigenvalue weighted by atomic mass is 16.5. The van der Waals surface area contributed by atoms with Gasteiger partial charge in [0.2, 0.25) is 5.91 Å². The van der Waals surface area contributed by atoms with Gasteiger partial charge in [-0.1, -0.05) is 62.4 Å². The maximum absolute atomic E-state index is 12.5. The molecule has 2 aromatic carbocycles. The number of Topliss-reactive ketones (excluding diaryl/α,β-unsaturated/α-hetero) is 1. The van der Waals surface area contributed by atoms with Crippen LogP contribution >= 0.6 is 0 Å². The average molecular weight is 412 g/mol. The summed E-state index contributed by atoms with van der Waals surface area (Å²) in [5.74, 6) is 0.0283. The van der Waals surface area contributed by atoms with E-state index >= 15 is 0 Å². The van der Waals surface area contributed by atoms with Crippen LogP contribution in [0.1, 0.15) is 25.8 Å². The summed E-state index contributed by atoms with van der Waals surface area (Å²) in [7, 11) is 0. The van der Waals surface area contributed by atoms with E-state index < -0.39 is 18.0 Å². The van der Waals surface area contributed by atoms with Gasteiger partial charge in [-0.25, -0.2) is 4.79 Å². The van der Waals surface area contributed by atoms with Crippen LogP contribution in [0, 0.1) is 5.92 Å². The number of amides is 2. The highest BCUT2D eigenvalue weighted by molar-refractivity contribution is 5.90. The normalized spacial score (nSPS) is 11.4. The molecular weight excluding hydrogens is 384 g/mol. The van der Waals surface area contributed by atoms with Gasteiger partial charge in [-0.2, -0.15) is 0 Å². The van der Waals surface area contributed by atoms with Crippen molar-refractivity contribution in [3.63, 3.8) is 0 Å². The van der Waals surface area contributed by atoms with Crippen molar-refractivity contribution in [1.29, 1.82) is 0 Å². The minimum atomic E-state index is -0.795. The quantitative estimate of drug-likeness (QED) is 0.592. The van der Waals surface area contributed by atoms with Gasteiger partial charge in [0.25, 0.3) is 0 Å². The molecule has 0 spiro atoms. The summed E-state index contributed by atoms with van der Waals surface area (Å²) in [5, 5.41) is 5.15. The van der Waals surface area contributed by atoms with Crippen LogP contribution in [0.4, 0.5) is 4.79 Å². The SMILES string of the molecule is CC(C)CC(NC(=O)OCc1ccccc1)C(=O)NCC(=O)COc1ccccc1. The Hall–Kier alpha value is -3.35. The van der Waals surface area contributed by atoms with Crippen LogP contribution in [0.25, 0.3) is 0 Å². The Balaban J connectivity index is 1.78. The first-order chi connectivity index (χ1) is 14.4. The third-order valence-corrected chi connectivity index (χ3v) is 4.13. The fraction of sp³-hybridized carbons (Fsp3) is 0.348. The lowest BCUT2D eigenvalue weighted by molar-refractivity contribution is -0.127. The van der Waals surface area contributed by atoms with Gasteiger partial charge in [0.1, 0.15) is 25.0 Å². The summed E-state index contributed by atoms with van der Waals surface area (Å²) >= 11 is 0. The fourth-order valence-corrected chi connectivity index (χ4v) is 2.65. The van der Waals surface area contributed by atoms with E-state index in [0.29, 0.717) is 12.2 Å². The standard InChI is InChI=1S/C23H28N2O5/c1-17(2)13-21(25-23(28)30-15-18-9-5-3-6-10-18)22(27)24-14-19(26)16-29-20-11-7-4-8-12-20/h3-12,17,21H,13-16H2,1-2H3,(H,24,27)(H,25,28). The number of carbonyl (C=O) groups is 3. The van der Waals surface area contributed by atoms with Gasteiger partial charge in [-0.3, -0.25) is 9.59 Å². The van der Waals surface area contributed by atoms with Crippen LogP contribution in [0.15, 0.2) is 60.7 Å². The molecule has 7 heteroatoms. The maximum atomic E-state index is 12.5. The number of rotatable bonds is 11. The van der Waals surface area contributed by atoms with Crippen molar-refractivity contribution < 1.29 is 23.9 Å². The molecule has 0 fully saturated rings. The molecule has 0 aliphatic carbocycles. The molecule has 0 aliphatic rings. The number of benzene rings is 2. The van der Waals surface area contributed by atoms with Crippen molar-refractivity contribution in [1.82, 2.24) is 10.6 Å². The number of carbonyl (C=O) groups excluding carboxylic acids is 3. The molecule has 0 aliphatic heterocycles. The van der Waals surface area contributed by atoms with Crippen LogP contribution in [0.5, 0.6) is 5.75 Å². The predicted octanol–water partition coefficient (Wildman–Crippen LogP) is 3.09. The minimum absolute atomic E-state index is 0.109. The second-order valence-electron chi connectivity index (χ2n) is 7.25. The second kappa shape index (κ2) is 12.3. The molecule has 0 bridgehead atoms. The molecule has 2 N–H and O–H groups in total. The second-order valence-corrected chi connectivity index (χ2v) is 7.25. The lowest BCUT2D eigenvalue weighted by atomic mass is 10.0. The lowest BCUT2D eigenvalue weighted by Crippen LogP contribution is -2.48. The molecule has 1 unspecified atom stereocenters. The minimum Gasteiger partial charge on any atom is -0.486 e. The van der Waals surface area contributed by atoms with Gasteiger partial charge in [-0.15, -0.1) is 0 Å². The molecule has 30 heavy (non-hydrogen) atoms. The van der Waals surface area contributed by atoms with Gasteiger partial charge in [0.15, 0.2) is 5.78 Å². The van der Waals surface area contributed by atoms with Gasteiger partial charge in [0, 0.05) is 0 Å². The van der Waals surface area contributed by atoms with Crippen molar-refractivity contribution in [3.8, 4) is 5.75 Å². The molecule has 2 rings (SSSR count). The first kappa shape index (κ1) is 22.9. The van der Waals surface area contributed by atoms with E-state index in [1.807, 2.05) is 50.2 Å². The summed E-state index contributed by atoms with van der Waals surface area (Å²) in [6.07, 6.45) is -0.264. The first-order valence-corrected chi connectivity index (χ1v) is 9.88. The molecule has 160 valence electrons. The zero-order chi connectivity index (χ0) is 21.8. The van der Waals surface area contributed by atoms with E-state index in [4.69, 9.17) is 9.47 Å². The van der Waals surface area contributed by atoms with Crippen molar-refractivity contribution in [3.05, 3.63) is 66.2 Å². The molecule has 7 nitrogen and oxygen atoms in total. The zero-order valence-corrected chi connectivity index (χ0v) is 17.3. The molecule has 0 aromatic heterocycles. The van der Waals surface area contributed by atoms with Crippen molar-refractivity contribution >= 4 is 17.8 Å². The lowest BCUT2D eigenvalue weighted by Gasteiger charge is -2.20. The number of hydrogen-bond donors (Lipinski definition) is 2. The predicted molar refractivity (Wildman–Crippen MR) is 113 cm³/mol. The van der Waals surface area contributed by atoms with Crippen LogP contribution in [0.3, 0.4) is 0 Å². The molecule has 2 amide bonds. The number of ketones is 1. The number of nitrogens with one attached hydrogen (secondary N) is 2. The van der Waals surface area contributed by atoms with Gasteiger partial charge < -0.3 is 20.1 Å². The Kier molecular flexibility index (Phi) is 9.37. The van der Waals surface area contributed by atoms with Crippen LogP contribution < -0.4 is 15.4 Å². The van der Waals surface area contributed by atoms with Crippen molar-refractivity contribution in [2.45, 2.75) is 32.9 Å². The van der Waals surface area contributed by atoms with Crippen molar-refractivity contribution in [2.75, 3.05) is 13.2 Å². The molecule has 0 heterocycles. The molecule has 1 atom stereocenters. The summed E-state index contributed by atoms with van der Waals surface area (Å²) in [5.41, 5.74) is 0.849. The third kappa shape index (κ3) is 8.77. The molecule has 2 aromatic rings. The summed E-state index contributed by atoms with van der Waals surface area (Å²) in [4.78, 5) is 36.6. The zero-order valence-electron chi connectivity index (χ0n) is 17.3. The maximum Gasteiger partial charge on any atom is 0.408 e. The van der Waals surface area contributed by atoms with Gasteiger partial charge in [0.05, 0.1) is 6.54 Å². The third-order valence-electron chi connectivity index (χ3n) is 4.13. The Bertz CT molecular complexity index is 809. The van der Waals surface area contributed by atoms with Crippen molar-refractivity contribution in [2.24, 2.45) is 5.92 Å². The smallest absolute Gasteiger partial charge is 0.408 e. The number of alkyl carbamates (subject to hydrolysis) is 1. The highest BCUT2D eigenvalue weighted by Crippen LogP contribution is 2.08. The summed E-state index contributed by atoms with van der Waals surface area (Å²) in [6.45, 7) is 3.66. The number of hydrogen-bond acceptors (Lipinski definition) is 5. The van der Waals surface area contributed by atoms with E-state index in [2.05, 4.69) is 10.6 Å². The molecular formula is C23H28N2O5. The average Bonchev–Trinajstić information content (AvgIpc) is 2.75. The van der Waals surface area contributed by atoms with Crippen LogP contribution in [-0.2, 0) is 20.9 Å². The topological polar surface area (TPSA) is 93.7 Å². The van der Waals surface area contributed by atoms with E-state index in [1.165, 1.54) is 0 Å². The fourth-order valence-electron chi connectivity index (χ4n) is 2.65. The van der Waals surface area contributed by atoms with Gasteiger partial charge >= 0.3 is 6.09 Å². The Morgan fingerprint density at radius 1 is 0.933 bits per heavy atom. The first-order valence-electron chi connectivity index (χ1n) is 9.88. The monoisotopic (exact) mass is 412 g/mol. The van der Waals surface area contributed by atoms with Crippen LogP contribution in [-0.4, -0.2) is 37.0 Å². The molecule has 0 radical (unpaired) electrons. The summed E-state index contributed by atoms with van der Waals surface area (Å²) in [6, 6.07) is 17.4.